The van der Waals surface area contributed by atoms with Gasteiger partial charge in [0.1, 0.15) is 0 Å². The lowest BCUT2D eigenvalue weighted by molar-refractivity contribution is -0.146. The van der Waals surface area contributed by atoms with E-state index in [0.29, 0.717) is 24.2 Å². The van der Waals surface area contributed by atoms with Gasteiger partial charge in [0.05, 0.1) is 12.4 Å². The fourth-order valence-corrected chi connectivity index (χ4v) is 5.12. The van der Waals surface area contributed by atoms with Gasteiger partial charge in [-0.1, -0.05) is 25.3 Å². The van der Waals surface area contributed by atoms with E-state index in [2.05, 4.69) is 15.6 Å². The molecule has 0 saturated heterocycles. The molecule has 0 aliphatic heterocycles. The van der Waals surface area contributed by atoms with Crippen molar-refractivity contribution in [3.05, 3.63) is 48.5 Å². The van der Waals surface area contributed by atoms with Crippen molar-refractivity contribution in [2.45, 2.75) is 70.6 Å². The van der Waals surface area contributed by atoms with E-state index in [-0.39, 0.29) is 29.4 Å². The molecule has 2 amide bonds. The van der Waals surface area contributed by atoms with Gasteiger partial charge in [0.25, 0.3) is 5.91 Å². The van der Waals surface area contributed by atoms with E-state index in [1.165, 1.54) is 19.3 Å². The number of anilines is 1. The molecule has 2 N–H and O–H groups in total. The Balaban J connectivity index is 1.35. The molecule has 4 rings (SSSR count). The molecule has 2 aromatic rings. The van der Waals surface area contributed by atoms with Gasteiger partial charge in [-0.3, -0.25) is 9.59 Å². The minimum absolute atomic E-state index is 0.0839. The maximum absolute atomic E-state index is 13.0. The highest BCUT2D eigenvalue weighted by molar-refractivity contribution is 5.97. The van der Waals surface area contributed by atoms with Crippen LogP contribution >= 0.6 is 0 Å². The van der Waals surface area contributed by atoms with E-state index < -0.39 is 0 Å². The third-order valence-electron chi connectivity index (χ3n) is 6.81. The van der Waals surface area contributed by atoms with Crippen molar-refractivity contribution < 1.29 is 14.3 Å². The third-order valence-corrected chi connectivity index (χ3v) is 6.81. The van der Waals surface area contributed by atoms with E-state index in [0.717, 1.165) is 25.9 Å². The van der Waals surface area contributed by atoms with Crippen molar-refractivity contribution in [3.8, 4) is 0 Å². The van der Waals surface area contributed by atoms with Gasteiger partial charge in [-0.15, -0.1) is 0 Å². The van der Waals surface area contributed by atoms with Gasteiger partial charge in [0.2, 0.25) is 5.91 Å². The molecule has 2 unspecified atom stereocenters. The zero-order valence-corrected chi connectivity index (χ0v) is 18.2. The van der Waals surface area contributed by atoms with Crippen molar-refractivity contribution in [1.82, 2.24) is 14.9 Å². The summed E-state index contributed by atoms with van der Waals surface area (Å²) in [4.78, 5) is 29.2. The number of aromatic nitrogens is 2. The quantitative estimate of drug-likeness (QED) is 0.676. The Hall–Kier alpha value is -2.67. The first-order chi connectivity index (χ1) is 15.1. The second-order valence-electron chi connectivity index (χ2n) is 8.68. The van der Waals surface area contributed by atoms with Crippen LogP contribution in [0, 0.1) is 5.41 Å². The molecule has 31 heavy (non-hydrogen) atoms. The van der Waals surface area contributed by atoms with Gasteiger partial charge in [0, 0.05) is 54.7 Å². The Morgan fingerprint density at radius 3 is 2.84 bits per heavy atom. The van der Waals surface area contributed by atoms with Crippen molar-refractivity contribution in [2.24, 2.45) is 5.41 Å². The van der Waals surface area contributed by atoms with Crippen LogP contribution in [0.25, 0.3) is 0 Å². The number of hydrogen-bond donors (Lipinski definition) is 2. The second-order valence-corrected chi connectivity index (χ2v) is 8.68. The van der Waals surface area contributed by atoms with Crippen LogP contribution in [0.4, 0.5) is 5.69 Å². The Bertz CT molecular complexity index is 890. The largest absolute Gasteiger partial charge is 0.378 e. The average Bonchev–Trinajstić information content (AvgIpc) is 3.31. The first-order valence-electron chi connectivity index (χ1n) is 11.4. The molecular formula is C24H32N4O3. The molecule has 2 fully saturated rings. The van der Waals surface area contributed by atoms with Crippen molar-refractivity contribution in [1.29, 1.82) is 0 Å². The number of rotatable bonds is 8. The van der Waals surface area contributed by atoms with Crippen LogP contribution in [0.1, 0.15) is 62.2 Å². The predicted molar refractivity (Wildman–Crippen MR) is 119 cm³/mol. The Labute approximate surface area is 183 Å². The minimum atomic E-state index is -0.0917. The van der Waals surface area contributed by atoms with Gasteiger partial charge in [-0.25, -0.2) is 4.98 Å². The van der Waals surface area contributed by atoms with E-state index in [9.17, 15) is 9.59 Å². The Kier molecular flexibility index (Phi) is 6.70. The summed E-state index contributed by atoms with van der Waals surface area (Å²) in [7, 11) is 0. The zero-order valence-electron chi connectivity index (χ0n) is 18.2. The summed E-state index contributed by atoms with van der Waals surface area (Å²) in [6.07, 6.45) is 12.6. The van der Waals surface area contributed by atoms with Crippen LogP contribution in [0.15, 0.2) is 43.0 Å². The molecule has 2 aliphatic rings. The number of carbonyl (C=O) groups is 2. The van der Waals surface area contributed by atoms with Crippen LogP contribution in [0.2, 0.25) is 0 Å². The fourth-order valence-electron chi connectivity index (χ4n) is 5.12. The first-order valence-corrected chi connectivity index (χ1v) is 11.4. The standard InChI is InChI=1S/C24H32N4O3/c1-2-31-21-16-20(24(21)10-4-3-5-11-24)27-23(30)18-7-6-8-19(15-18)26-22(29)9-13-28-14-12-25-17-28/h6-8,12,14-15,17,20-21H,2-5,9-11,13,16H2,1H3,(H,26,29)(H,27,30). The van der Waals surface area contributed by atoms with E-state index in [1.54, 1.807) is 30.7 Å². The molecule has 1 spiro atoms. The number of amides is 2. The van der Waals surface area contributed by atoms with E-state index in [4.69, 9.17) is 4.74 Å². The van der Waals surface area contributed by atoms with Crippen molar-refractivity contribution in [3.63, 3.8) is 0 Å². The summed E-state index contributed by atoms with van der Waals surface area (Å²) in [5.74, 6) is -0.176. The summed E-state index contributed by atoms with van der Waals surface area (Å²) in [5.41, 5.74) is 1.29. The topological polar surface area (TPSA) is 85.3 Å². The molecule has 1 aromatic carbocycles. The van der Waals surface area contributed by atoms with Crippen LogP contribution in [0.5, 0.6) is 0 Å². The van der Waals surface area contributed by atoms with Gasteiger partial charge in [-0.05, 0) is 44.4 Å². The highest BCUT2D eigenvalue weighted by Gasteiger charge is 2.56. The normalized spacial score (nSPS) is 22.0. The molecule has 1 heterocycles. The molecule has 0 radical (unpaired) electrons. The lowest BCUT2D eigenvalue weighted by atomic mass is 9.55. The number of ether oxygens (including phenoxy) is 1. The third kappa shape index (κ3) is 4.82. The molecule has 2 aliphatic carbocycles. The molecule has 0 bridgehead atoms. The summed E-state index contributed by atoms with van der Waals surface area (Å²) < 4.78 is 7.86. The van der Waals surface area contributed by atoms with Crippen LogP contribution in [-0.4, -0.2) is 40.1 Å². The SMILES string of the molecule is CCOC1CC(NC(=O)c2cccc(NC(=O)CCn3ccnc3)c2)C12CCCCC2. The zero-order chi connectivity index (χ0) is 21.7. The summed E-state index contributed by atoms with van der Waals surface area (Å²) in [5, 5.41) is 6.15. The predicted octanol–water partition coefficient (Wildman–Crippen LogP) is 3.77. The van der Waals surface area contributed by atoms with E-state index >= 15 is 0 Å². The fraction of sp³-hybridized carbons (Fsp3) is 0.542. The van der Waals surface area contributed by atoms with E-state index in [1.807, 2.05) is 23.8 Å². The molecule has 7 nitrogen and oxygen atoms in total. The molecule has 1 aromatic heterocycles. The Morgan fingerprint density at radius 1 is 1.26 bits per heavy atom. The Morgan fingerprint density at radius 2 is 2.10 bits per heavy atom. The van der Waals surface area contributed by atoms with Crippen molar-refractivity contribution >= 4 is 17.5 Å². The summed E-state index contributed by atoms with van der Waals surface area (Å²) in [6.45, 7) is 3.32. The van der Waals surface area contributed by atoms with Crippen LogP contribution in [-0.2, 0) is 16.1 Å². The van der Waals surface area contributed by atoms with Gasteiger partial charge < -0.3 is 19.9 Å². The second kappa shape index (κ2) is 9.64. The van der Waals surface area contributed by atoms with Crippen LogP contribution < -0.4 is 10.6 Å². The molecule has 7 heteroatoms. The number of benzene rings is 1. The molecule has 2 saturated carbocycles. The number of nitrogens with one attached hydrogen (secondary N) is 2. The number of imidazole rings is 1. The minimum Gasteiger partial charge on any atom is -0.378 e. The smallest absolute Gasteiger partial charge is 0.251 e. The molecule has 166 valence electrons. The number of hydrogen-bond acceptors (Lipinski definition) is 4. The lowest BCUT2D eigenvalue weighted by Gasteiger charge is -2.57. The number of nitrogens with zero attached hydrogens (tertiary/aromatic N) is 2. The summed E-state index contributed by atoms with van der Waals surface area (Å²) in [6, 6.07) is 7.31. The lowest BCUT2D eigenvalue weighted by Crippen LogP contribution is -2.65. The number of aryl methyl sites for hydroxylation is 1. The van der Waals surface area contributed by atoms with Crippen molar-refractivity contribution in [2.75, 3.05) is 11.9 Å². The number of carbonyl (C=O) groups excluding carboxylic acids is 2. The summed E-state index contributed by atoms with van der Waals surface area (Å²) >= 11 is 0. The maximum Gasteiger partial charge on any atom is 0.251 e. The molecular weight excluding hydrogens is 392 g/mol. The highest BCUT2D eigenvalue weighted by atomic mass is 16.5. The highest BCUT2D eigenvalue weighted by Crippen LogP contribution is 2.53. The first kappa shape index (κ1) is 21.6. The monoisotopic (exact) mass is 424 g/mol. The maximum atomic E-state index is 13.0. The van der Waals surface area contributed by atoms with Gasteiger partial charge in [0.15, 0.2) is 0 Å². The van der Waals surface area contributed by atoms with Gasteiger partial charge >= 0.3 is 0 Å². The van der Waals surface area contributed by atoms with Crippen LogP contribution in [0.3, 0.4) is 0 Å². The van der Waals surface area contributed by atoms with Gasteiger partial charge in [-0.2, -0.15) is 0 Å². The molecule has 2 atom stereocenters. The average molecular weight is 425 g/mol.